The maximum absolute atomic E-state index is 14.2. The monoisotopic (exact) mass is 762 g/mol. The Morgan fingerprint density at radius 3 is 2.21 bits per heavy atom. The predicted octanol–water partition coefficient (Wildman–Crippen LogP) is 11.6. The normalized spacial score (nSPS) is 20.1. The number of aldehydes is 1. The summed E-state index contributed by atoms with van der Waals surface area (Å²) in [4.78, 5) is 57.4. The van der Waals surface area contributed by atoms with Gasteiger partial charge in [-0.1, -0.05) is 128 Å². The van der Waals surface area contributed by atoms with Gasteiger partial charge in [-0.2, -0.15) is 0 Å². The molecule has 2 bridgehead atoms. The summed E-state index contributed by atoms with van der Waals surface area (Å²) in [7, 11) is 1.80. The molecule has 2 unspecified atom stereocenters. The lowest BCUT2D eigenvalue weighted by molar-refractivity contribution is -0.123. The number of rotatable bonds is 6. The lowest BCUT2D eigenvalue weighted by Gasteiger charge is -2.29. The standard InChI is InChI=1S/C43H34N2O4.4C2H6/c1-44(30-9-4-2-3-5-10-30)41(47)33-15-12-27-21-28-13-16-34-40-35(43(49)45(42(34)48)24-29-8-6-7-26-22-36(26)29)18-17-32(39(28)40)31-14-11-25(19-20-46)37(33)23-38(27)31;4*1-2/h2-4,6-18,20,26,36H,5,19,21-24H2,1H3;4*1-2H3. The van der Waals surface area contributed by atoms with Crippen molar-refractivity contribution in [1.82, 2.24) is 9.80 Å². The minimum Gasteiger partial charge on any atom is -0.312 e. The Balaban J connectivity index is 0.000000732. The third-order valence-electron chi connectivity index (χ3n) is 11.1. The topological polar surface area (TPSA) is 74.8 Å². The Morgan fingerprint density at radius 1 is 0.789 bits per heavy atom. The summed E-state index contributed by atoms with van der Waals surface area (Å²) in [5.74, 6) is 0.338. The van der Waals surface area contributed by atoms with Crippen molar-refractivity contribution in [3.63, 3.8) is 0 Å². The lowest BCUT2D eigenvalue weighted by atomic mass is 9.85. The molecule has 1 aliphatic heterocycles. The Kier molecular flexibility index (Phi) is 14.2. The summed E-state index contributed by atoms with van der Waals surface area (Å²) in [6.45, 7) is 16.3. The van der Waals surface area contributed by atoms with E-state index < -0.39 is 0 Å². The predicted molar refractivity (Wildman–Crippen MR) is 236 cm³/mol. The number of carbonyl (C=O) groups is 4. The number of likely N-dealkylation sites (N-methyl/N-ethyl adjacent to an activating group) is 1. The average Bonchev–Trinajstić information content (AvgIpc) is 4.13. The van der Waals surface area contributed by atoms with Crippen LogP contribution in [0.1, 0.15) is 113 Å². The second-order valence-corrected chi connectivity index (χ2v) is 13.8. The maximum atomic E-state index is 14.2. The first kappa shape index (κ1) is 42.5. The molecule has 1 fully saturated rings. The van der Waals surface area contributed by atoms with Crippen LogP contribution in [0.4, 0.5) is 0 Å². The van der Waals surface area contributed by atoms with Gasteiger partial charge in [-0.15, -0.1) is 0 Å². The van der Waals surface area contributed by atoms with Crippen LogP contribution in [0.5, 0.6) is 0 Å². The fraction of sp³-hybridized carbons (Fsp3) is 0.333. The van der Waals surface area contributed by atoms with Gasteiger partial charge in [-0.05, 0) is 112 Å². The molecule has 0 N–H and O–H groups in total. The van der Waals surface area contributed by atoms with Crippen LogP contribution in [-0.2, 0) is 16.0 Å². The van der Waals surface area contributed by atoms with Crippen molar-refractivity contribution < 1.29 is 19.2 Å². The van der Waals surface area contributed by atoms with Gasteiger partial charge in [0.05, 0.1) is 6.54 Å². The van der Waals surface area contributed by atoms with Crippen LogP contribution in [0.3, 0.4) is 0 Å². The molecule has 2 atom stereocenters. The zero-order valence-electron chi connectivity index (χ0n) is 35.2. The molecule has 2 aromatic carbocycles. The van der Waals surface area contributed by atoms with Gasteiger partial charge >= 0.3 is 0 Å². The molecular weight excluding hydrogens is 705 g/mol. The van der Waals surface area contributed by atoms with Crippen molar-refractivity contribution in [1.29, 1.82) is 0 Å². The van der Waals surface area contributed by atoms with E-state index >= 15 is 0 Å². The number of benzene rings is 2. The lowest BCUT2D eigenvalue weighted by Crippen LogP contribution is -2.42. The molecule has 6 aliphatic carbocycles. The van der Waals surface area contributed by atoms with Gasteiger partial charge in [0.1, 0.15) is 6.29 Å². The molecule has 0 spiro atoms. The SMILES string of the molecule is CC.CC.CC.CC.CN(C(=O)C1=C2CC3=C(C=C1)Cc1ccc4c5c(ccc(c15)C3=CC=C2CC=O)C(=O)N(CC1=CC=CC2CC12)C4=O)C1=CCC=CC=C1. The van der Waals surface area contributed by atoms with Gasteiger partial charge in [0, 0.05) is 41.3 Å². The van der Waals surface area contributed by atoms with E-state index in [1.807, 2.05) is 134 Å². The van der Waals surface area contributed by atoms with Crippen LogP contribution < -0.4 is 0 Å². The molecule has 6 nitrogen and oxygen atoms in total. The molecule has 1 heterocycles. The Morgan fingerprint density at radius 2 is 1.49 bits per heavy atom. The third kappa shape index (κ3) is 7.87. The number of amides is 3. The smallest absolute Gasteiger partial charge is 0.261 e. The van der Waals surface area contributed by atoms with E-state index in [0.717, 1.165) is 80.2 Å². The van der Waals surface area contributed by atoms with Crippen LogP contribution >= 0.6 is 0 Å². The fourth-order valence-corrected chi connectivity index (χ4v) is 8.40. The molecule has 7 aliphatic rings. The van der Waals surface area contributed by atoms with Gasteiger partial charge in [0.15, 0.2) is 0 Å². The highest BCUT2D eigenvalue weighted by Crippen LogP contribution is 2.49. The summed E-state index contributed by atoms with van der Waals surface area (Å²) < 4.78 is 0. The van der Waals surface area contributed by atoms with E-state index in [-0.39, 0.29) is 24.1 Å². The van der Waals surface area contributed by atoms with Crippen LogP contribution in [0.25, 0.3) is 16.3 Å². The van der Waals surface area contributed by atoms with E-state index in [1.54, 1.807) is 11.9 Å². The second kappa shape index (κ2) is 19.0. The molecule has 0 saturated heterocycles. The van der Waals surface area contributed by atoms with Gasteiger partial charge < -0.3 is 9.69 Å². The molecule has 1 saturated carbocycles. The quantitative estimate of drug-likeness (QED) is 0.217. The highest BCUT2D eigenvalue weighted by Gasteiger charge is 2.42. The summed E-state index contributed by atoms with van der Waals surface area (Å²) in [6.07, 6.45) is 28.2. The van der Waals surface area contributed by atoms with Crippen molar-refractivity contribution in [2.24, 2.45) is 11.8 Å². The molecule has 9 rings (SSSR count). The summed E-state index contributed by atoms with van der Waals surface area (Å²) in [5, 5.41) is 1.65. The number of hydrogen-bond acceptors (Lipinski definition) is 4. The van der Waals surface area contributed by atoms with Crippen LogP contribution in [0.2, 0.25) is 0 Å². The largest absolute Gasteiger partial charge is 0.312 e. The van der Waals surface area contributed by atoms with Crippen molar-refractivity contribution >= 4 is 40.4 Å². The summed E-state index contributed by atoms with van der Waals surface area (Å²) in [6, 6.07) is 7.83. The number of nitrogens with zero attached hydrogens (tertiary/aromatic N) is 2. The zero-order valence-corrected chi connectivity index (χ0v) is 35.2. The number of carbonyl (C=O) groups excluding carboxylic acids is 4. The molecular formula is C51H58N2O4. The highest BCUT2D eigenvalue weighted by molar-refractivity contribution is 6.27. The van der Waals surface area contributed by atoms with E-state index in [2.05, 4.69) is 18.2 Å². The van der Waals surface area contributed by atoms with Crippen LogP contribution in [0, 0.1) is 11.8 Å². The number of fused-ring (bicyclic) bond motifs is 3. The van der Waals surface area contributed by atoms with Gasteiger partial charge in [-0.3, -0.25) is 19.3 Å². The molecule has 3 amide bonds. The van der Waals surface area contributed by atoms with Crippen molar-refractivity contribution in [3.8, 4) is 0 Å². The van der Waals surface area contributed by atoms with E-state index in [9.17, 15) is 19.2 Å². The Labute approximate surface area is 339 Å². The van der Waals surface area contributed by atoms with E-state index in [4.69, 9.17) is 0 Å². The molecule has 0 aromatic heterocycles. The molecule has 6 heteroatoms. The van der Waals surface area contributed by atoms with Crippen molar-refractivity contribution in [2.75, 3.05) is 13.6 Å². The third-order valence-corrected chi connectivity index (χ3v) is 11.1. The fourth-order valence-electron chi connectivity index (χ4n) is 8.40. The minimum atomic E-state index is -0.248. The van der Waals surface area contributed by atoms with E-state index in [1.165, 1.54) is 4.90 Å². The first-order valence-electron chi connectivity index (χ1n) is 21.0. The molecule has 57 heavy (non-hydrogen) atoms. The second-order valence-electron chi connectivity index (χ2n) is 13.8. The average molecular weight is 763 g/mol. The van der Waals surface area contributed by atoms with Gasteiger partial charge in [0.2, 0.25) is 0 Å². The zero-order chi connectivity index (χ0) is 41.4. The van der Waals surface area contributed by atoms with Crippen LogP contribution in [0.15, 0.2) is 136 Å². The highest BCUT2D eigenvalue weighted by atomic mass is 16.2. The molecule has 296 valence electrons. The Bertz CT molecular complexity index is 2260. The number of allylic oxidation sites excluding steroid dienone is 16. The minimum absolute atomic E-state index is 0.125. The summed E-state index contributed by atoms with van der Waals surface area (Å²) in [5.41, 5.74) is 10.5. The van der Waals surface area contributed by atoms with Crippen molar-refractivity contribution in [3.05, 3.63) is 159 Å². The molecule has 0 radical (unpaired) electrons. The van der Waals surface area contributed by atoms with Crippen molar-refractivity contribution in [2.45, 2.75) is 87.5 Å². The van der Waals surface area contributed by atoms with Gasteiger partial charge in [0.25, 0.3) is 17.7 Å². The first-order valence-corrected chi connectivity index (χ1v) is 21.0. The maximum Gasteiger partial charge on any atom is 0.261 e. The van der Waals surface area contributed by atoms with Crippen LogP contribution in [-0.4, -0.2) is 47.4 Å². The summed E-state index contributed by atoms with van der Waals surface area (Å²) >= 11 is 0. The number of imide groups is 1. The Hall–Kier alpha value is -5.62. The molecule has 2 aromatic rings. The number of hydrogen-bond donors (Lipinski definition) is 0. The first-order chi connectivity index (χ1) is 27.9. The van der Waals surface area contributed by atoms with Gasteiger partial charge in [-0.25, -0.2) is 0 Å². The van der Waals surface area contributed by atoms with E-state index in [0.29, 0.717) is 47.9 Å².